The molecule has 0 bridgehead atoms. The summed E-state index contributed by atoms with van der Waals surface area (Å²) in [5.41, 5.74) is -3.70. The van der Waals surface area contributed by atoms with Gasteiger partial charge in [-0.1, -0.05) is 24.1 Å². The zero-order valence-electron chi connectivity index (χ0n) is 20.3. The molecule has 2 aromatic rings. The third kappa shape index (κ3) is 6.56. The molecule has 1 aromatic heterocycles. The van der Waals surface area contributed by atoms with Gasteiger partial charge >= 0.3 is 19.4 Å². The molecule has 1 aliphatic heterocycles. The number of aromatic nitrogens is 2. The van der Waals surface area contributed by atoms with E-state index in [4.69, 9.17) is 24.9 Å². The van der Waals surface area contributed by atoms with Gasteiger partial charge in [-0.2, -0.15) is 5.09 Å². The summed E-state index contributed by atoms with van der Waals surface area (Å²) in [5, 5.41) is 23.8. The molecule has 0 amide bonds. The summed E-state index contributed by atoms with van der Waals surface area (Å²) >= 11 is 0. The number of aliphatic hydroxyl groups excluding tert-OH is 2. The summed E-state index contributed by atoms with van der Waals surface area (Å²) in [5.74, 6) is 1.58. The minimum atomic E-state index is -4.39. The fraction of sp³-hybridized carbons (Fsp3) is 0.435. The first kappa shape index (κ1) is 28.3. The maximum Gasteiger partial charge on any atom is 0.459 e. The number of carbonyl (C=O) groups excluding carboxylic acids is 1. The minimum Gasteiger partial charge on any atom is -0.462 e. The highest BCUT2D eigenvalue weighted by Crippen LogP contribution is 2.47. The molecule has 3 rings (SSSR count). The van der Waals surface area contributed by atoms with Crippen LogP contribution in [0.5, 0.6) is 5.75 Å². The number of benzene rings is 1. The molecular formula is C23H28N3O10P. The van der Waals surface area contributed by atoms with Gasteiger partial charge in [-0.05, 0) is 32.9 Å². The average molecular weight is 537 g/mol. The largest absolute Gasteiger partial charge is 0.462 e. The summed E-state index contributed by atoms with van der Waals surface area (Å²) in [6.07, 6.45) is 1.18. The fourth-order valence-corrected chi connectivity index (χ4v) is 4.95. The molecule has 14 heteroatoms. The first-order chi connectivity index (χ1) is 17.4. The number of aliphatic hydroxyl groups is 2. The second-order valence-corrected chi connectivity index (χ2v) is 10.2. The molecular weight excluding hydrogens is 509 g/mol. The topological polar surface area (TPSA) is 178 Å². The van der Waals surface area contributed by atoms with Crippen molar-refractivity contribution < 1.29 is 38.1 Å². The highest BCUT2D eigenvalue weighted by molar-refractivity contribution is 7.52. The van der Waals surface area contributed by atoms with Gasteiger partial charge in [0.05, 0.1) is 6.10 Å². The van der Waals surface area contributed by atoms with E-state index in [1.807, 2.05) is 4.98 Å². The molecule has 0 aliphatic carbocycles. The number of nitrogens with zero attached hydrogens (tertiary/aromatic N) is 1. The molecule has 6 atom stereocenters. The predicted molar refractivity (Wildman–Crippen MR) is 129 cm³/mol. The van der Waals surface area contributed by atoms with Crippen molar-refractivity contribution >= 4 is 13.7 Å². The Morgan fingerprint density at radius 3 is 2.54 bits per heavy atom. The first-order valence-electron chi connectivity index (χ1n) is 11.2. The third-order valence-electron chi connectivity index (χ3n) is 5.27. The van der Waals surface area contributed by atoms with E-state index in [2.05, 4.69) is 11.0 Å². The molecule has 1 saturated heterocycles. The molecule has 1 fully saturated rings. The van der Waals surface area contributed by atoms with E-state index in [0.717, 1.165) is 16.8 Å². The van der Waals surface area contributed by atoms with Crippen LogP contribution in [0, 0.1) is 12.3 Å². The number of esters is 1. The van der Waals surface area contributed by atoms with Crippen LogP contribution in [0.3, 0.4) is 0 Å². The molecule has 0 spiro atoms. The van der Waals surface area contributed by atoms with Crippen LogP contribution in [0.15, 0.2) is 52.2 Å². The lowest BCUT2D eigenvalue weighted by Gasteiger charge is -2.29. The highest BCUT2D eigenvalue weighted by atomic mass is 31.2. The molecule has 200 valence electrons. The minimum absolute atomic E-state index is 0.128. The van der Waals surface area contributed by atoms with E-state index in [9.17, 15) is 29.2 Å². The van der Waals surface area contributed by atoms with Gasteiger partial charge in [0.1, 0.15) is 30.6 Å². The lowest BCUT2D eigenvalue weighted by Crippen LogP contribution is -2.46. The Morgan fingerprint density at radius 1 is 1.27 bits per heavy atom. The number of terminal acetylenes is 1. The van der Waals surface area contributed by atoms with Crippen LogP contribution < -0.4 is 20.9 Å². The zero-order valence-corrected chi connectivity index (χ0v) is 21.2. The van der Waals surface area contributed by atoms with Gasteiger partial charge in [-0.15, -0.1) is 6.42 Å². The van der Waals surface area contributed by atoms with Crippen molar-refractivity contribution in [3.63, 3.8) is 0 Å². The van der Waals surface area contributed by atoms with Crippen LogP contribution in [-0.2, 0) is 23.4 Å². The van der Waals surface area contributed by atoms with Gasteiger partial charge in [0.25, 0.3) is 5.56 Å². The summed E-state index contributed by atoms with van der Waals surface area (Å²) in [6, 6.07) is 7.79. The monoisotopic (exact) mass is 537 g/mol. The van der Waals surface area contributed by atoms with Crippen molar-refractivity contribution in [2.75, 3.05) is 6.61 Å². The van der Waals surface area contributed by atoms with E-state index in [1.165, 1.54) is 19.1 Å². The number of H-pyrrole nitrogens is 1. The Labute approximate surface area is 211 Å². The summed E-state index contributed by atoms with van der Waals surface area (Å²) < 4.78 is 36.4. The quantitative estimate of drug-likeness (QED) is 0.186. The van der Waals surface area contributed by atoms with Crippen molar-refractivity contribution in [2.45, 2.75) is 57.0 Å². The second-order valence-electron chi connectivity index (χ2n) is 8.51. The van der Waals surface area contributed by atoms with E-state index in [-0.39, 0.29) is 5.75 Å². The summed E-state index contributed by atoms with van der Waals surface area (Å²) in [6.45, 7) is 3.88. The van der Waals surface area contributed by atoms with Crippen LogP contribution in [0.25, 0.3) is 0 Å². The van der Waals surface area contributed by atoms with Crippen LogP contribution in [0.4, 0.5) is 0 Å². The Kier molecular flexibility index (Phi) is 8.76. The van der Waals surface area contributed by atoms with Gasteiger partial charge < -0.3 is 24.2 Å². The van der Waals surface area contributed by atoms with E-state index >= 15 is 0 Å². The SMILES string of the molecule is C#C[C@]1(COP(=O)(N[C@@H](C)C(=O)OC(C)C)Oc2ccccc2)O[C@@H](n2ccc(=O)[nH]c2=O)C(O)[C@H]1O. The fourth-order valence-electron chi connectivity index (χ4n) is 3.43. The number of carbonyl (C=O) groups is 1. The number of ether oxygens (including phenoxy) is 2. The van der Waals surface area contributed by atoms with Crippen LogP contribution in [0.1, 0.15) is 27.0 Å². The standard InChI is InChI=1S/C23H28N3O10P/c1-5-23(19(29)18(28)20(35-23)26-12-11-17(27)24-22(26)31)13-33-37(32,36-16-9-7-6-8-10-16)25-15(4)21(30)34-14(2)3/h1,6-12,14-15,18-20,28-29H,13H2,2-4H3,(H,25,32)(H,24,27,31)/t15-,18?,19+,20+,23+,37?/m0/s1. The van der Waals surface area contributed by atoms with Crippen molar-refractivity contribution in [1.29, 1.82) is 0 Å². The smallest absolute Gasteiger partial charge is 0.459 e. The highest BCUT2D eigenvalue weighted by Gasteiger charge is 2.56. The van der Waals surface area contributed by atoms with Crippen molar-refractivity contribution in [2.24, 2.45) is 0 Å². The molecule has 1 aromatic carbocycles. The maximum atomic E-state index is 13.7. The Balaban J connectivity index is 1.87. The Bertz CT molecular complexity index is 1300. The number of aromatic amines is 1. The van der Waals surface area contributed by atoms with Crippen molar-refractivity contribution in [3.05, 3.63) is 63.4 Å². The summed E-state index contributed by atoms with van der Waals surface area (Å²) in [4.78, 5) is 37.9. The second kappa shape index (κ2) is 11.4. The van der Waals surface area contributed by atoms with Gasteiger partial charge in [0, 0.05) is 12.3 Å². The number of para-hydroxylation sites is 1. The van der Waals surface area contributed by atoms with Gasteiger partial charge in [-0.3, -0.25) is 23.7 Å². The molecule has 0 saturated carbocycles. The maximum absolute atomic E-state index is 13.7. The van der Waals surface area contributed by atoms with Crippen molar-refractivity contribution in [3.8, 4) is 18.1 Å². The molecule has 2 unspecified atom stereocenters. The lowest BCUT2D eigenvalue weighted by molar-refractivity contribution is -0.149. The molecule has 37 heavy (non-hydrogen) atoms. The lowest BCUT2D eigenvalue weighted by atomic mass is 9.97. The Morgan fingerprint density at radius 2 is 1.95 bits per heavy atom. The number of hydrogen-bond donors (Lipinski definition) is 4. The molecule has 2 heterocycles. The van der Waals surface area contributed by atoms with E-state index in [0.29, 0.717) is 0 Å². The van der Waals surface area contributed by atoms with E-state index < -0.39 is 67.8 Å². The zero-order chi connectivity index (χ0) is 27.4. The Hall–Kier alpha value is -3.24. The predicted octanol–water partition coefficient (Wildman–Crippen LogP) is 0.293. The van der Waals surface area contributed by atoms with Crippen molar-refractivity contribution in [1.82, 2.24) is 14.6 Å². The number of hydrogen-bond acceptors (Lipinski definition) is 10. The third-order valence-corrected chi connectivity index (χ3v) is 6.89. The molecule has 13 nitrogen and oxygen atoms in total. The molecule has 1 aliphatic rings. The first-order valence-corrected chi connectivity index (χ1v) is 12.7. The molecule has 4 N–H and O–H groups in total. The number of nitrogens with one attached hydrogen (secondary N) is 2. The van der Waals surface area contributed by atoms with Gasteiger partial charge in [-0.25, -0.2) is 9.36 Å². The van der Waals surface area contributed by atoms with Crippen LogP contribution in [-0.4, -0.2) is 62.3 Å². The van der Waals surface area contributed by atoms with Gasteiger partial charge in [0.15, 0.2) is 11.8 Å². The molecule has 0 radical (unpaired) electrons. The van der Waals surface area contributed by atoms with Gasteiger partial charge in [0.2, 0.25) is 0 Å². The normalized spacial score (nSPS) is 25.7. The van der Waals surface area contributed by atoms with Crippen LogP contribution >= 0.6 is 7.75 Å². The number of rotatable bonds is 10. The average Bonchev–Trinajstić information content (AvgIpc) is 3.08. The summed E-state index contributed by atoms with van der Waals surface area (Å²) in [7, 11) is -4.39. The van der Waals surface area contributed by atoms with E-state index in [1.54, 1.807) is 32.0 Å². The van der Waals surface area contributed by atoms with Crippen LogP contribution in [0.2, 0.25) is 0 Å².